The van der Waals surface area contributed by atoms with Gasteiger partial charge in [-0.2, -0.15) is 10.4 Å². The third-order valence-corrected chi connectivity index (χ3v) is 14.0. The first-order valence-electron chi connectivity index (χ1n) is 17.0. The van der Waals surface area contributed by atoms with Gasteiger partial charge in [-0.3, -0.25) is 23.9 Å². The van der Waals surface area contributed by atoms with E-state index in [0.29, 0.717) is 25.7 Å². The molecule has 0 aromatic carbocycles. The lowest BCUT2D eigenvalue weighted by molar-refractivity contribution is -0.240. The van der Waals surface area contributed by atoms with Crippen molar-refractivity contribution in [2.45, 2.75) is 105 Å². The molecule has 10 nitrogen and oxygen atoms in total. The fourth-order valence-electron chi connectivity index (χ4n) is 11.0. The van der Waals surface area contributed by atoms with Gasteiger partial charge in [0.2, 0.25) is 5.91 Å². The molecule has 3 fully saturated rings. The monoisotopic (exact) mass is 643 g/mol. The van der Waals surface area contributed by atoms with Crippen molar-refractivity contribution in [2.75, 3.05) is 6.54 Å². The molecule has 8 atom stereocenters. The zero-order valence-corrected chi connectivity index (χ0v) is 29.0. The second-order valence-electron chi connectivity index (χ2n) is 17.0. The number of hydrogen-bond donors (Lipinski definition) is 3. The van der Waals surface area contributed by atoms with Gasteiger partial charge in [-0.1, -0.05) is 47.6 Å². The fraction of sp³-hybridized carbons (Fsp3) is 0.676. The van der Waals surface area contributed by atoms with Crippen LogP contribution in [0.15, 0.2) is 35.6 Å². The van der Waals surface area contributed by atoms with Gasteiger partial charge in [-0.25, -0.2) is 0 Å². The summed E-state index contributed by atoms with van der Waals surface area (Å²) in [4.78, 5) is 53.7. The summed E-state index contributed by atoms with van der Waals surface area (Å²) < 4.78 is 1.52. The van der Waals surface area contributed by atoms with Crippen LogP contribution in [0, 0.1) is 50.2 Å². The van der Waals surface area contributed by atoms with Gasteiger partial charge in [0.25, 0.3) is 5.91 Å². The molecule has 0 unspecified atom stereocenters. The Morgan fingerprint density at radius 3 is 2.36 bits per heavy atom. The maximum atomic E-state index is 14.7. The van der Waals surface area contributed by atoms with Crippen molar-refractivity contribution in [1.82, 2.24) is 20.4 Å². The van der Waals surface area contributed by atoms with Crippen LogP contribution in [0.4, 0.5) is 0 Å². The number of aliphatic hydroxyl groups is 1. The predicted molar refractivity (Wildman–Crippen MR) is 174 cm³/mol. The number of fused-ring (bicyclic) bond motifs is 7. The summed E-state index contributed by atoms with van der Waals surface area (Å²) in [6, 6.07) is 3.72. The molecule has 0 aliphatic heterocycles. The second kappa shape index (κ2) is 10.2. The topological polar surface area (TPSA) is 154 Å². The van der Waals surface area contributed by atoms with Crippen LogP contribution in [0.5, 0.6) is 0 Å². The number of aryl methyl sites for hydroxylation is 1. The number of nitriles is 1. The highest BCUT2D eigenvalue weighted by atomic mass is 16.3. The Labute approximate surface area is 277 Å². The molecule has 2 amide bonds. The number of carbonyl (C=O) groups is 4. The molecule has 1 aromatic heterocycles. The van der Waals surface area contributed by atoms with E-state index in [0.717, 1.165) is 24.8 Å². The molecular formula is C37H49N5O5. The van der Waals surface area contributed by atoms with Crippen LogP contribution < -0.4 is 10.6 Å². The first-order chi connectivity index (χ1) is 21.7. The zero-order chi connectivity index (χ0) is 34.6. The van der Waals surface area contributed by atoms with E-state index < -0.39 is 44.6 Å². The van der Waals surface area contributed by atoms with E-state index in [1.54, 1.807) is 25.4 Å². The van der Waals surface area contributed by atoms with E-state index in [-0.39, 0.29) is 46.6 Å². The maximum Gasteiger partial charge on any atom is 0.272 e. The zero-order valence-electron chi connectivity index (χ0n) is 29.0. The molecule has 6 rings (SSSR count). The van der Waals surface area contributed by atoms with Crippen LogP contribution in [-0.2, 0) is 21.4 Å². The average molecular weight is 644 g/mol. The van der Waals surface area contributed by atoms with E-state index in [4.69, 9.17) is 0 Å². The highest BCUT2D eigenvalue weighted by Crippen LogP contribution is 2.75. The number of allylic oxidation sites excluding steroid dienone is 3. The highest BCUT2D eigenvalue weighted by molar-refractivity contribution is 6.05. The Morgan fingerprint density at radius 1 is 1.04 bits per heavy atom. The minimum atomic E-state index is -1.68. The Balaban J connectivity index is 1.33. The molecular weight excluding hydrogens is 594 g/mol. The molecule has 0 radical (unpaired) electrons. The molecule has 252 valence electrons. The Bertz CT molecular complexity index is 1700. The molecule has 1 aromatic rings. The summed E-state index contributed by atoms with van der Waals surface area (Å²) in [5.74, 6) is -1.74. The van der Waals surface area contributed by atoms with Gasteiger partial charge < -0.3 is 15.7 Å². The van der Waals surface area contributed by atoms with Crippen LogP contribution in [0.1, 0.15) is 104 Å². The van der Waals surface area contributed by atoms with Crippen molar-refractivity contribution in [3.8, 4) is 6.07 Å². The van der Waals surface area contributed by atoms with E-state index >= 15 is 0 Å². The van der Waals surface area contributed by atoms with Crippen molar-refractivity contribution < 1.29 is 24.3 Å². The molecule has 5 aliphatic rings. The molecule has 10 heteroatoms. The lowest BCUT2D eigenvalue weighted by Crippen LogP contribution is -2.74. The van der Waals surface area contributed by atoms with Gasteiger partial charge in [0.1, 0.15) is 17.4 Å². The van der Waals surface area contributed by atoms with Gasteiger partial charge in [-0.05, 0) is 86.3 Å². The van der Waals surface area contributed by atoms with Crippen molar-refractivity contribution >= 4 is 23.4 Å². The van der Waals surface area contributed by atoms with E-state index in [9.17, 15) is 29.5 Å². The first-order valence-corrected chi connectivity index (χ1v) is 17.0. The van der Waals surface area contributed by atoms with Gasteiger partial charge >= 0.3 is 0 Å². The Morgan fingerprint density at radius 2 is 1.72 bits per heavy atom. The summed E-state index contributed by atoms with van der Waals surface area (Å²) >= 11 is 0. The standard InChI is InChI=1S/C37H49N5O5/c1-31(2)24-9-11-35(6)25(34(24,5)18-22(20-38)29(31)45)17-27(43)37(47)26-19-33(4,14-12-32(26,3)13-15-36(35,37)7)40-28(44)21-39-30(46)23-10-16-42(8)41-23/h10,16-18,24,26,47H,9,11-15,19,21H2,1-8H3,(H,39,46)(H,40,44)/t24-,26+,32+,33-,34-,35+,36-,37+/m0/s1. The largest absolute Gasteiger partial charge is 0.381 e. The van der Waals surface area contributed by atoms with Crippen molar-refractivity contribution in [3.05, 3.63) is 41.3 Å². The molecule has 5 aliphatic carbocycles. The molecule has 0 spiro atoms. The maximum absolute atomic E-state index is 14.7. The summed E-state index contributed by atoms with van der Waals surface area (Å²) in [7, 11) is 1.71. The number of ketones is 2. The molecule has 1 heterocycles. The number of carbonyl (C=O) groups excluding carboxylic acids is 4. The first kappa shape index (κ1) is 33.3. The number of nitrogens with one attached hydrogen (secondary N) is 2. The number of nitrogens with zero attached hydrogens (tertiary/aromatic N) is 3. The normalized spacial score (nSPS) is 42.0. The Hall–Kier alpha value is -3.58. The van der Waals surface area contributed by atoms with Crippen LogP contribution in [0.2, 0.25) is 0 Å². The van der Waals surface area contributed by atoms with Gasteiger partial charge in [0.05, 0.1) is 12.1 Å². The molecule has 0 bridgehead atoms. The third-order valence-electron chi connectivity index (χ3n) is 14.0. The lowest BCUT2D eigenvalue weighted by Gasteiger charge is -2.71. The van der Waals surface area contributed by atoms with Crippen LogP contribution in [-0.4, -0.2) is 56.0 Å². The summed E-state index contributed by atoms with van der Waals surface area (Å²) in [6.07, 6.45) is 9.92. The summed E-state index contributed by atoms with van der Waals surface area (Å²) in [5, 5.41) is 32.9. The molecule has 3 saturated carbocycles. The minimum Gasteiger partial charge on any atom is -0.381 e. The van der Waals surface area contributed by atoms with E-state index in [1.807, 2.05) is 26.8 Å². The number of amides is 2. The second-order valence-corrected chi connectivity index (χ2v) is 17.0. The Kier molecular flexibility index (Phi) is 7.24. The third kappa shape index (κ3) is 4.41. The lowest BCUT2D eigenvalue weighted by atomic mass is 9.33. The van der Waals surface area contributed by atoms with Crippen molar-refractivity contribution in [3.63, 3.8) is 0 Å². The highest BCUT2D eigenvalue weighted by Gasteiger charge is 2.75. The smallest absolute Gasteiger partial charge is 0.272 e. The number of rotatable bonds is 4. The molecule has 3 N–H and O–H groups in total. The van der Waals surface area contributed by atoms with Crippen LogP contribution in [0.25, 0.3) is 0 Å². The quantitative estimate of drug-likeness (QED) is 0.441. The van der Waals surface area contributed by atoms with Gasteiger partial charge in [0.15, 0.2) is 11.6 Å². The summed E-state index contributed by atoms with van der Waals surface area (Å²) in [6.45, 7) is 14.1. The summed E-state index contributed by atoms with van der Waals surface area (Å²) in [5.41, 5.74) is -4.23. The van der Waals surface area contributed by atoms with Crippen molar-refractivity contribution in [1.29, 1.82) is 5.26 Å². The van der Waals surface area contributed by atoms with E-state index in [1.165, 1.54) is 4.68 Å². The van der Waals surface area contributed by atoms with Crippen LogP contribution in [0.3, 0.4) is 0 Å². The SMILES string of the molecule is Cn1ccc(C(=O)NCC(=O)N[C@@]2(C)CC[C@]3(C)CC[C@@]4(C)[C@]5(C)CC[C@H]6C(C)(C)C(=O)C(C#N)=C[C@]6(C)C5=CC(=O)[C@]4(O)[C@@H]3C2)n1. The van der Waals surface area contributed by atoms with Gasteiger partial charge in [0, 0.05) is 40.9 Å². The van der Waals surface area contributed by atoms with Gasteiger partial charge in [-0.15, -0.1) is 0 Å². The fourth-order valence-corrected chi connectivity index (χ4v) is 11.0. The van der Waals surface area contributed by atoms with Crippen molar-refractivity contribution in [2.24, 2.45) is 46.0 Å². The number of hydrogen-bond acceptors (Lipinski definition) is 7. The number of aromatic nitrogens is 2. The molecule has 47 heavy (non-hydrogen) atoms. The van der Waals surface area contributed by atoms with E-state index in [2.05, 4.69) is 49.5 Å². The number of Topliss-reactive ketones (excluding diaryl/α,β-unsaturated/α-hetero) is 1. The average Bonchev–Trinajstić information content (AvgIpc) is 3.44. The molecule has 0 saturated heterocycles. The van der Waals surface area contributed by atoms with Crippen LogP contribution >= 0.6 is 0 Å². The predicted octanol–water partition coefficient (Wildman–Crippen LogP) is 4.35. The minimum absolute atomic E-state index is 0.0817.